The molecule has 1 atom stereocenters. The number of imidazole rings is 1. The van der Waals surface area contributed by atoms with Gasteiger partial charge in [0.2, 0.25) is 0 Å². The molecule has 0 saturated heterocycles. The Morgan fingerprint density at radius 3 is 2.94 bits per heavy atom. The standard InChI is InChI=1S/C12H14BrClN2OS/c1-18(17)7-6-16-11-3-2-9(13)8-10(11)15-12(16)4-5-14/h2-3,8H,4-7H2,1H3. The largest absolute Gasteiger partial charge is 0.327 e. The summed E-state index contributed by atoms with van der Waals surface area (Å²) >= 11 is 9.25. The van der Waals surface area contributed by atoms with Crippen LogP contribution < -0.4 is 0 Å². The Balaban J connectivity index is 2.44. The monoisotopic (exact) mass is 348 g/mol. The van der Waals surface area contributed by atoms with Crippen LogP contribution in [-0.2, 0) is 23.8 Å². The molecule has 0 amide bonds. The van der Waals surface area contributed by atoms with E-state index in [-0.39, 0.29) is 0 Å². The molecule has 1 aromatic heterocycles. The van der Waals surface area contributed by atoms with Crippen molar-refractivity contribution in [3.63, 3.8) is 0 Å². The van der Waals surface area contributed by atoms with Gasteiger partial charge >= 0.3 is 0 Å². The number of nitrogens with zero attached hydrogens (tertiary/aromatic N) is 2. The van der Waals surface area contributed by atoms with Crippen LogP contribution in [-0.4, -0.2) is 31.6 Å². The highest BCUT2D eigenvalue weighted by molar-refractivity contribution is 9.10. The molecule has 0 aliphatic carbocycles. The lowest BCUT2D eigenvalue weighted by Crippen LogP contribution is -2.10. The maximum Gasteiger partial charge on any atom is 0.111 e. The minimum absolute atomic E-state index is 0.541. The summed E-state index contributed by atoms with van der Waals surface area (Å²) in [4.78, 5) is 4.59. The predicted octanol–water partition coefficient (Wildman–Crippen LogP) is 2.96. The van der Waals surface area contributed by atoms with Gasteiger partial charge in [-0.1, -0.05) is 15.9 Å². The summed E-state index contributed by atoms with van der Waals surface area (Å²) in [6.45, 7) is 0.716. The predicted molar refractivity (Wildman–Crippen MR) is 80.8 cm³/mol. The molecule has 1 unspecified atom stereocenters. The molecule has 0 bridgehead atoms. The Labute approximate surface area is 122 Å². The maximum absolute atomic E-state index is 11.2. The van der Waals surface area contributed by atoms with Gasteiger partial charge in [-0.25, -0.2) is 4.98 Å². The van der Waals surface area contributed by atoms with Crippen molar-refractivity contribution in [2.75, 3.05) is 17.9 Å². The summed E-state index contributed by atoms with van der Waals surface area (Å²) in [5, 5.41) is 0. The summed E-state index contributed by atoms with van der Waals surface area (Å²) < 4.78 is 14.4. The Bertz CT molecular complexity index is 585. The van der Waals surface area contributed by atoms with Gasteiger partial charge in [0, 0.05) is 46.1 Å². The third-order valence-electron chi connectivity index (χ3n) is 2.71. The lowest BCUT2D eigenvalue weighted by molar-refractivity contribution is 0.674. The molecule has 98 valence electrons. The van der Waals surface area contributed by atoms with Gasteiger partial charge in [-0.05, 0) is 18.2 Å². The molecular formula is C12H14BrClN2OS. The molecule has 3 nitrogen and oxygen atoms in total. The minimum atomic E-state index is -0.801. The molecule has 6 heteroatoms. The first-order valence-electron chi connectivity index (χ1n) is 5.62. The van der Waals surface area contributed by atoms with Crippen molar-refractivity contribution < 1.29 is 4.21 Å². The van der Waals surface area contributed by atoms with Gasteiger partial charge in [0.1, 0.15) is 5.82 Å². The van der Waals surface area contributed by atoms with Gasteiger partial charge in [0.25, 0.3) is 0 Å². The molecule has 2 aromatic rings. The highest BCUT2D eigenvalue weighted by Crippen LogP contribution is 2.21. The normalized spacial score (nSPS) is 13.1. The molecule has 0 saturated carbocycles. The van der Waals surface area contributed by atoms with Gasteiger partial charge in [-0.2, -0.15) is 0 Å². The third-order valence-corrected chi connectivity index (χ3v) is 4.15. The number of alkyl halides is 1. The van der Waals surface area contributed by atoms with Gasteiger partial charge in [-0.15, -0.1) is 11.6 Å². The van der Waals surface area contributed by atoms with Crippen molar-refractivity contribution >= 4 is 49.4 Å². The van der Waals surface area contributed by atoms with E-state index in [1.165, 1.54) is 0 Å². The average molecular weight is 350 g/mol. The number of rotatable bonds is 5. The third kappa shape index (κ3) is 3.13. The van der Waals surface area contributed by atoms with E-state index in [2.05, 4.69) is 25.5 Å². The van der Waals surface area contributed by atoms with Crippen LogP contribution in [0.4, 0.5) is 0 Å². The van der Waals surface area contributed by atoms with Crippen LogP contribution in [0.1, 0.15) is 5.82 Å². The van der Waals surface area contributed by atoms with Crippen LogP contribution in [0.15, 0.2) is 22.7 Å². The van der Waals surface area contributed by atoms with E-state index >= 15 is 0 Å². The Hall–Kier alpha value is -0.390. The maximum atomic E-state index is 11.2. The fraction of sp³-hybridized carbons (Fsp3) is 0.417. The smallest absolute Gasteiger partial charge is 0.111 e. The van der Waals surface area contributed by atoms with Crippen molar-refractivity contribution in [2.45, 2.75) is 13.0 Å². The van der Waals surface area contributed by atoms with E-state index in [1.807, 2.05) is 18.2 Å². The number of halogens is 2. The van der Waals surface area contributed by atoms with Gasteiger partial charge in [0.05, 0.1) is 11.0 Å². The van der Waals surface area contributed by atoms with Crippen LogP contribution in [0.5, 0.6) is 0 Å². The number of hydrogen-bond donors (Lipinski definition) is 0. The van der Waals surface area contributed by atoms with Crippen LogP contribution >= 0.6 is 27.5 Å². The lowest BCUT2D eigenvalue weighted by Gasteiger charge is -2.07. The first kappa shape index (κ1) is 14.0. The van der Waals surface area contributed by atoms with E-state index < -0.39 is 10.8 Å². The number of aromatic nitrogens is 2. The zero-order chi connectivity index (χ0) is 13.1. The Morgan fingerprint density at radius 1 is 1.50 bits per heavy atom. The van der Waals surface area contributed by atoms with E-state index in [0.717, 1.165) is 27.8 Å². The van der Waals surface area contributed by atoms with Crippen molar-refractivity contribution in [3.8, 4) is 0 Å². The van der Waals surface area contributed by atoms with Gasteiger partial charge in [-0.3, -0.25) is 4.21 Å². The Morgan fingerprint density at radius 2 is 2.28 bits per heavy atom. The van der Waals surface area contributed by atoms with Crippen LogP contribution in [0.3, 0.4) is 0 Å². The second-order valence-corrected chi connectivity index (χ2v) is 6.88. The van der Waals surface area contributed by atoms with Crippen LogP contribution in [0.25, 0.3) is 11.0 Å². The van der Waals surface area contributed by atoms with Crippen molar-refractivity contribution in [3.05, 3.63) is 28.5 Å². The van der Waals surface area contributed by atoms with Crippen molar-refractivity contribution in [2.24, 2.45) is 0 Å². The van der Waals surface area contributed by atoms with Crippen molar-refractivity contribution in [1.29, 1.82) is 0 Å². The first-order valence-corrected chi connectivity index (χ1v) is 8.68. The fourth-order valence-corrected chi connectivity index (χ4v) is 2.86. The summed E-state index contributed by atoms with van der Waals surface area (Å²) in [5.74, 6) is 2.14. The molecule has 0 N–H and O–H groups in total. The molecule has 0 aliphatic heterocycles. The molecule has 0 radical (unpaired) electrons. The molecule has 1 aromatic carbocycles. The zero-order valence-electron chi connectivity index (χ0n) is 10.0. The minimum Gasteiger partial charge on any atom is -0.327 e. The van der Waals surface area contributed by atoms with Gasteiger partial charge in [0.15, 0.2) is 0 Å². The number of fused-ring (bicyclic) bond motifs is 1. The fourth-order valence-electron chi connectivity index (χ4n) is 1.90. The summed E-state index contributed by atoms with van der Waals surface area (Å²) in [6, 6.07) is 6.02. The highest BCUT2D eigenvalue weighted by atomic mass is 79.9. The quantitative estimate of drug-likeness (QED) is 0.778. The molecule has 18 heavy (non-hydrogen) atoms. The number of benzene rings is 1. The first-order chi connectivity index (χ1) is 8.61. The van der Waals surface area contributed by atoms with E-state index in [0.29, 0.717) is 18.2 Å². The van der Waals surface area contributed by atoms with Crippen LogP contribution in [0.2, 0.25) is 0 Å². The topological polar surface area (TPSA) is 34.9 Å². The summed E-state index contributed by atoms with van der Waals surface area (Å²) in [6.07, 6.45) is 2.45. The molecule has 1 heterocycles. The zero-order valence-corrected chi connectivity index (χ0v) is 13.2. The number of hydrogen-bond acceptors (Lipinski definition) is 2. The molecule has 0 aliphatic rings. The van der Waals surface area contributed by atoms with Crippen molar-refractivity contribution in [1.82, 2.24) is 9.55 Å². The van der Waals surface area contributed by atoms with E-state index in [4.69, 9.17) is 11.6 Å². The Kier molecular flexibility index (Phi) is 4.81. The summed E-state index contributed by atoms with van der Waals surface area (Å²) in [5.41, 5.74) is 2.02. The average Bonchev–Trinajstić information content (AvgIpc) is 2.63. The molecule has 0 spiro atoms. The second-order valence-electron chi connectivity index (χ2n) is 4.03. The van der Waals surface area contributed by atoms with Gasteiger partial charge < -0.3 is 4.57 Å². The number of aryl methyl sites for hydroxylation is 2. The lowest BCUT2D eigenvalue weighted by atomic mass is 10.3. The van der Waals surface area contributed by atoms with E-state index in [1.54, 1.807) is 6.26 Å². The summed E-state index contributed by atoms with van der Waals surface area (Å²) in [7, 11) is -0.801. The van der Waals surface area contributed by atoms with Crippen LogP contribution in [0, 0.1) is 0 Å². The molecule has 0 fully saturated rings. The van der Waals surface area contributed by atoms with E-state index in [9.17, 15) is 4.21 Å². The highest BCUT2D eigenvalue weighted by Gasteiger charge is 2.10. The SMILES string of the molecule is CS(=O)CCn1c(CCCl)nc2cc(Br)ccc21. The molecule has 2 rings (SSSR count). The second kappa shape index (κ2) is 6.17. The molecular weight excluding hydrogens is 336 g/mol.